The van der Waals surface area contributed by atoms with Crippen LogP contribution in [0.25, 0.3) is 5.69 Å². The van der Waals surface area contributed by atoms with E-state index in [0.29, 0.717) is 5.56 Å². The Morgan fingerprint density at radius 3 is 2.56 bits per heavy atom. The van der Waals surface area contributed by atoms with Gasteiger partial charge >= 0.3 is 0 Å². The molecule has 3 heteroatoms. The summed E-state index contributed by atoms with van der Waals surface area (Å²) in [7, 11) is 0. The summed E-state index contributed by atoms with van der Waals surface area (Å²) < 4.78 is 1.76. The van der Waals surface area contributed by atoms with Gasteiger partial charge in [0.1, 0.15) is 0 Å². The molecule has 1 aromatic carbocycles. The minimum Gasteiger partial charge on any atom is -0.298 e. The van der Waals surface area contributed by atoms with Crippen LogP contribution in [0.1, 0.15) is 27.2 Å². The molecule has 0 radical (unpaired) electrons. The van der Waals surface area contributed by atoms with Crippen LogP contribution in [0.3, 0.4) is 0 Å². The van der Waals surface area contributed by atoms with Gasteiger partial charge in [0.25, 0.3) is 0 Å². The van der Waals surface area contributed by atoms with Gasteiger partial charge in [0.15, 0.2) is 6.29 Å². The minimum absolute atomic E-state index is 0.639. The monoisotopic (exact) mass is 214 g/mol. The first-order valence-electron chi connectivity index (χ1n) is 5.21. The van der Waals surface area contributed by atoms with Crippen molar-refractivity contribution in [3.05, 3.63) is 46.8 Å². The molecule has 0 atom stereocenters. The fourth-order valence-electron chi connectivity index (χ4n) is 1.77. The van der Waals surface area contributed by atoms with Crippen LogP contribution in [0, 0.1) is 20.8 Å². The van der Waals surface area contributed by atoms with Gasteiger partial charge in [0.2, 0.25) is 0 Å². The van der Waals surface area contributed by atoms with Crippen molar-refractivity contribution >= 4 is 6.29 Å². The van der Waals surface area contributed by atoms with Crippen LogP contribution in [-0.4, -0.2) is 16.1 Å². The van der Waals surface area contributed by atoms with Crippen molar-refractivity contribution in [1.82, 2.24) is 9.78 Å². The number of carbonyl (C=O) groups excluding carboxylic acids is 1. The molecule has 0 fully saturated rings. The number of rotatable bonds is 2. The van der Waals surface area contributed by atoms with Crippen molar-refractivity contribution in [1.29, 1.82) is 0 Å². The van der Waals surface area contributed by atoms with Crippen molar-refractivity contribution in [2.45, 2.75) is 20.8 Å². The molecule has 16 heavy (non-hydrogen) atoms. The second-order valence-corrected chi connectivity index (χ2v) is 4.02. The normalized spacial score (nSPS) is 10.4. The zero-order valence-corrected chi connectivity index (χ0v) is 9.69. The zero-order valence-electron chi connectivity index (χ0n) is 9.69. The molecule has 82 valence electrons. The predicted molar refractivity (Wildman–Crippen MR) is 63.2 cm³/mol. The molecule has 0 N–H and O–H groups in total. The molecule has 3 nitrogen and oxygen atoms in total. The van der Waals surface area contributed by atoms with E-state index >= 15 is 0 Å². The molecule has 1 aromatic heterocycles. The molecule has 0 aliphatic heterocycles. The average molecular weight is 214 g/mol. The first-order valence-corrected chi connectivity index (χ1v) is 5.21. The lowest BCUT2D eigenvalue weighted by molar-refractivity contribution is 0.112. The molecular weight excluding hydrogens is 200 g/mol. The van der Waals surface area contributed by atoms with Gasteiger partial charge in [-0.05, 0) is 32.4 Å². The van der Waals surface area contributed by atoms with E-state index in [1.807, 2.05) is 26.0 Å². The van der Waals surface area contributed by atoms with Crippen LogP contribution < -0.4 is 0 Å². The Balaban J connectivity index is 2.54. The summed E-state index contributed by atoms with van der Waals surface area (Å²) in [5.41, 5.74) is 4.79. The Kier molecular flexibility index (Phi) is 2.60. The summed E-state index contributed by atoms with van der Waals surface area (Å²) in [5, 5.41) is 4.33. The van der Waals surface area contributed by atoms with Crippen LogP contribution in [0.2, 0.25) is 0 Å². The van der Waals surface area contributed by atoms with Crippen LogP contribution in [0.4, 0.5) is 0 Å². The highest BCUT2D eigenvalue weighted by molar-refractivity contribution is 5.76. The van der Waals surface area contributed by atoms with E-state index < -0.39 is 0 Å². The first-order chi connectivity index (χ1) is 7.61. The summed E-state index contributed by atoms with van der Waals surface area (Å²) >= 11 is 0. The molecule has 0 aliphatic carbocycles. The quantitative estimate of drug-likeness (QED) is 0.720. The molecule has 0 saturated heterocycles. The van der Waals surface area contributed by atoms with Crippen molar-refractivity contribution in [3.63, 3.8) is 0 Å². The standard InChI is InChI=1S/C13H14N2O/c1-9-4-5-13(10(2)6-9)15-7-12(8-16)11(3)14-15/h4-8H,1-3H3. The predicted octanol–water partition coefficient (Wildman–Crippen LogP) is 2.61. The number of hydrogen-bond donors (Lipinski definition) is 0. The van der Waals surface area contributed by atoms with Crippen LogP contribution in [-0.2, 0) is 0 Å². The molecule has 0 aliphatic rings. The fourth-order valence-corrected chi connectivity index (χ4v) is 1.77. The Morgan fingerprint density at radius 2 is 2.00 bits per heavy atom. The molecular formula is C13H14N2O. The van der Waals surface area contributed by atoms with Crippen molar-refractivity contribution in [2.75, 3.05) is 0 Å². The zero-order chi connectivity index (χ0) is 11.7. The summed E-state index contributed by atoms with van der Waals surface area (Å²) in [6.45, 7) is 5.94. The number of benzene rings is 1. The summed E-state index contributed by atoms with van der Waals surface area (Å²) in [5.74, 6) is 0. The maximum atomic E-state index is 10.8. The summed E-state index contributed by atoms with van der Waals surface area (Å²) in [6.07, 6.45) is 2.60. The van der Waals surface area contributed by atoms with Gasteiger partial charge in [-0.3, -0.25) is 4.79 Å². The number of nitrogens with zero attached hydrogens (tertiary/aromatic N) is 2. The average Bonchev–Trinajstić information content (AvgIpc) is 2.59. The molecule has 2 aromatic rings. The van der Waals surface area contributed by atoms with Crippen LogP contribution in [0.5, 0.6) is 0 Å². The first kappa shape index (κ1) is 10.6. The number of aryl methyl sites for hydroxylation is 3. The Hall–Kier alpha value is -1.90. The van der Waals surface area contributed by atoms with Gasteiger partial charge in [-0.15, -0.1) is 0 Å². The van der Waals surface area contributed by atoms with Crippen LogP contribution >= 0.6 is 0 Å². The van der Waals surface area contributed by atoms with Gasteiger partial charge in [-0.2, -0.15) is 5.10 Å². The highest BCUT2D eigenvalue weighted by Gasteiger charge is 2.07. The SMILES string of the molecule is Cc1ccc(-n2cc(C=O)c(C)n2)c(C)c1. The van der Waals surface area contributed by atoms with E-state index in [2.05, 4.69) is 18.1 Å². The highest BCUT2D eigenvalue weighted by atomic mass is 16.1. The topological polar surface area (TPSA) is 34.9 Å². The van der Waals surface area contributed by atoms with E-state index in [0.717, 1.165) is 23.2 Å². The smallest absolute Gasteiger partial charge is 0.153 e. The molecule has 2 rings (SSSR count). The molecule has 0 unspecified atom stereocenters. The van der Waals surface area contributed by atoms with E-state index in [1.54, 1.807) is 10.9 Å². The van der Waals surface area contributed by atoms with Crippen molar-refractivity contribution in [3.8, 4) is 5.69 Å². The number of aromatic nitrogens is 2. The highest BCUT2D eigenvalue weighted by Crippen LogP contribution is 2.16. The lowest BCUT2D eigenvalue weighted by atomic mass is 10.1. The van der Waals surface area contributed by atoms with Crippen molar-refractivity contribution < 1.29 is 4.79 Å². The van der Waals surface area contributed by atoms with Crippen LogP contribution in [0.15, 0.2) is 24.4 Å². The van der Waals surface area contributed by atoms with Gasteiger partial charge in [0.05, 0.1) is 16.9 Å². The lowest BCUT2D eigenvalue weighted by Gasteiger charge is -2.06. The third-order valence-corrected chi connectivity index (χ3v) is 2.66. The largest absolute Gasteiger partial charge is 0.298 e. The Bertz CT molecular complexity index is 541. The van der Waals surface area contributed by atoms with Gasteiger partial charge < -0.3 is 0 Å². The maximum absolute atomic E-state index is 10.8. The number of aldehydes is 1. The second kappa shape index (κ2) is 3.93. The molecule has 0 saturated carbocycles. The molecule has 0 amide bonds. The second-order valence-electron chi connectivity index (χ2n) is 4.02. The van der Waals surface area contributed by atoms with Gasteiger partial charge in [-0.1, -0.05) is 17.7 Å². The lowest BCUT2D eigenvalue weighted by Crippen LogP contribution is -1.98. The Morgan fingerprint density at radius 1 is 1.25 bits per heavy atom. The third-order valence-electron chi connectivity index (χ3n) is 2.66. The summed E-state index contributed by atoms with van der Waals surface area (Å²) in [6, 6.07) is 6.17. The van der Waals surface area contributed by atoms with Crippen molar-refractivity contribution in [2.24, 2.45) is 0 Å². The molecule has 0 spiro atoms. The van der Waals surface area contributed by atoms with E-state index in [-0.39, 0.29) is 0 Å². The van der Waals surface area contributed by atoms with Gasteiger partial charge in [-0.25, -0.2) is 4.68 Å². The fraction of sp³-hybridized carbons (Fsp3) is 0.231. The number of hydrogen-bond acceptors (Lipinski definition) is 2. The maximum Gasteiger partial charge on any atom is 0.153 e. The van der Waals surface area contributed by atoms with E-state index in [1.165, 1.54) is 5.56 Å². The Labute approximate surface area is 94.7 Å². The van der Waals surface area contributed by atoms with E-state index in [4.69, 9.17) is 0 Å². The van der Waals surface area contributed by atoms with E-state index in [9.17, 15) is 4.79 Å². The third kappa shape index (κ3) is 1.76. The van der Waals surface area contributed by atoms with Gasteiger partial charge in [0, 0.05) is 6.20 Å². The molecule has 1 heterocycles. The minimum atomic E-state index is 0.639. The summed E-state index contributed by atoms with van der Waals surface area (Å²) in [4.78, 5) is 10.8. The molecule has 0 bridgehead atoms. The number of carbonyl (C=O) groups is 1.